The minimum Gasteiger partial charge on any atom is -0.317 e. The van der Waals surface area contributed by atoms with Crippen molar-refractivity contribution >= 4 is 0 Å². The third-order valence-electron chi connectivity index (χ3n) is 3.79. The molecule has 1 nitrogen and oxygen atoms in total. The summed E-state index contributed by atoms with van der Waals surface area (Å²) in [5.41, 5.74) is 3.36. The quantitative estimate of drug-likeness (QED) is 0.821. The van der Waals surface area contributed by atoms with E-state index in [1.807, 2.05) is 0 Å². The van der Waals surface area contributed by atoms with Gasteiger partial charge in [-0.3, -0.25) is 0 Å². The van der Waals surface area contributed by atoms with E-state index >= 15 is 0 Å². The molecule has 1 aliphatic rings. The largest absolute Gasteiger partial charge is 0.317 e. The lowest BCUT2D eigenvalue weighted by Crippen LogP contribution is -2.29. The van der Waals surface area contributed by atoms with E-state index in [4.69, 9.17) is 0 Å². The highest BCUT2D eigenvalue weighted by Crippen LogP contribution is 2.28. The highest BCUT2D eigenvalue weighted by atomic mass is 14.9. The Balaban J connectivity index is 2.14. The van der Waals surface area contributed by atoms with Gasteiger partial charge in [0, 0.05) is 0 Å². The van der Waals surface area contributed by atoms with Crippen LogP contribution >= 0.6 is 0 Å². The normalized spacial score (nSPS) is 18.3. The Labute approximate surface area is 106 Å². The summed E-state index contributed by atoms with van der Waals surface area (Å²) in [4.78, 5) is 0. The SMILES string of the molecule is CC(C)(C)c1ccccc1CC1CCNCC1. The van der Waals surface area contributed by atoms with Crippen molar-refractivity contribution in [2.24, 2.45) is 5.92 Å². The minimum absolute atomic E-state index is 0.267. The maximum absolute atomic E-state index is 3.45. The third-order valence-corrected chi connectivity index (χ3v) is 3.79. The van der Waals surface area contributed by atoms with E-state index < -0.39 is 0 Å². The molecule has 1 aliphatic heterocycles. The smallest absolute Gasteiger partial charge is 0.00462 e. The summed E-state index contributed by atoms with van der Waals surface area (Å²) in [5.74, 6) is 0.875. The topological polar surface area (TPSA) is 12.0 Å². The molecule has 0 radical (unpaired) electrons. The fourth-order valence-corrected chi connectivity index (χ4v) is 2.83. The first-order chi connectivity index (χ1) is 8.07. The van der Waals surface area contributed by atoms with Crippen molar-refractivity contribution in [3.8, 4) is 0 Å². The molecule has 0 spiro atoms. The second kappa shape index (κ2) is 5.22. The summed E-state index contributed by atoms with van der Waals surface area (Å²) in [6.07, 6.45) is 3.92. The molecular weight excluding hydrogens is 206 g/mol. The van der Waals surface area contributed by atoms with Crippen molar-refractivity contribution in [1.29, 1.82) is 0 Å². The van der Waals surface area contributed by atoms with Crippen LogP contribution in [-0.4, -0.2) is 13.1 Å². The lowest BCUT2D eigenvalue weighted by molar-refractivity contribution is 0.370. The maximum atomic E-state index is 3.45. The zero-order chi connectivity index (χ0) is 12.3. The Kier molecular flexibility index (Phi) is 3.88. The van der Waals surface area contributed by atoms with E-state index in [1.165, 1.54) is 37.9 Å². The van der Waals surface area contributed by atoms with Crippen molar-refractivity contribution in [3.63, 3.8) is 0 Å². The summed E-state index contributed by atoms with van der Waals surface area (Å²) in [6.45, 7) is 9.33. The molecule has 1 N–H and O–H groups in total. The van der Waals surface area contributed by atoms with Gasteiger partial charge in [0.2, 0.25) is 0 Å². The van der Waals surface area contributed by atoms with Crippen LogP contribution < -0.4 is 5.32 Å². The molecule has 1 heterocycles. The molecule has 94 valence electrons. The fourth-order valence-electron chi connectivity index (χ4n) is 2.83. The number of benzene rings is 1. The van der Waals surface area contributed by atoms with Crippen molar-refractivity contribution in [2.75, 3.05) is 13.1 Å². The Hall–Kier alpha value is -0.820. The zero-order valence-corrected chi connectivity index (χ0v) is 11.4. The van der Waals surface area contributed by atoms with Crippen molar-refractivity contribution < 1.29 is 0 Å². The molecule has 0 aliphatic carbocycles. The second-order valence-corrected chi connectivity index (χ2v) is 6.30. The number of rotatable bonds is 2. The molecule has 1 saturated heterocycles. The van der Waals surface area contributed by atoms with Crippen LogP contribution in [0.4, 0.5) is 0 Å². The first-order valence-electron chi connectivity index (χ1n) is 6.86. The van der Waals surface area contributed by atoms with Gasteiger partial charge in [-0.25, -0.2) is 0 Å². The van der Waals surface area contributed by atoms with E-state index in [1.54, 1.807) is 5.56 Å². The van der Waals surface area contributed by atoms with Crippen LogP contribution in [0, 0.1) is 5.92 Å². The number of piperidine rings is 1. The molecule has 2 rings (SSSR count). The molecule has 0 atom stereocenters. The lowest BCUT2D eigenvalue weighted by atomic mass is 9.80. The molecule has 17 heavy (non-hydrogen) atoms. The minimum atomic E-state index is 0.267. The standard InChI is InChI=1S/C16H25N/c1-16(2,3)15-7-5-4-6-14(15)12-13-8-10-17-11-9-13/h4-7,13,17H,8-12H2,1-3H3. The van der Waals surface area contributed by atoms with Gasteiger partial charge in [-0.05, 0) is 54.8 Å². The van der Waals surface area contributed by atoms with Gasteiger partial charge in [0.1, 0.15) is 0 Å². The van der Waals surface area contributed by atoms with Gasteiger partial charge in [-0.1, -0.05) is 45.0 Å². The fraction of sp³-hybridized carbons (Fsp3) is 0.625. The molecule has 0 bridgehead atoms. The number of nitrogens with one attached hydrogen (secondary N) is 1. The van der Waals surface area contributed by atoms with Crippen LogP contribution in [0.3, 0.4) is 0 Å². The summed E-state index contributed by atoms with van der Waals surface area (Å²) in [5, 5.41) is 3.45. The summed E-state index contributed by atoms with van der Waals surface area (Å²) >= 11 is 0. The zero-order valence-electron chi connectivity index (χ0n) is 11.4. The third kappa shape index (κ3) is 3.32. The summed E-state index contributed by atoms with van der Waals surface area (Å²) < 4.78 is 0. The van der Waals surface area contributed by atoms with Crippen LogP contribution in [-0.2, 0) is 11.8 Å². The first kappa shape index (κ1) is 12.6. The van der Waals surface area contributed by atoms with Gasteiger partial charge in [0.05, 0.1) is 0 Å². The Morgan fingerprint density at radius 3 is 2.41 bits per heavy atom. The lowest BCUT2D eigenvalue weighted by Gasteiger charge is -2.27. The van der Waals surface area contributed by atoms with Crippen LogP contribution in [0.1, 0.15) is 44.7 Å². The number of hydrogen-bond donors (Lipinski definition) is 1. The van der Waals surface area contributed by atoms with E-state index in [-0.39, 0.29) is 5.41 Å². The van der Waals surface area contributed by atoms with Gasteiger partial charge >= 0.3 is 0 Å². The van der Waals surface area contributed by atoms with Crippen molar-refractivity contribution in [2.45, 2.75) is 45.4 Å². The van der Waals surface area contributed by atoms with E-state index in [2.05, 4.69) is 50.4 Å². The summed E-state index contributed by atoms with van der Waals surface area (Å²) in [7, 11) is 0. The van der Waals surface area contributed by atoms with E-state index in [0.717, 1.165) is 5.92 Å². The Morgan fingerprint density at radius 2 is 1.76 bits per heavy atom. The van der Waals surface area contributed by atoms with Gasteiger partial charge in [0.15, 0.2) is 0 Å². The summed E-state index contributed by atoms with van der Waals surface area (Å²) in [6, 6.07) is 8.98. The van der Waals surface area contributed by atoms with Crippen LogP contribution in [0.5, 0.6) is 0 Å². The molecule has 1 aromatic rings. The van der Waals surface area contributed by atoms with Crippen molar-refractivity contribution in [1.82, 2.24) is 5.32 Å². The average Bonchev–Trinajstić information content (AvgIpc) is 2.30. The highest BCUT2D eigenvalue weighted by molar-refractivity contribution is 5.33. The van der Waals surface area contributed by atoms with Crippen LogP contribution in [0.2, 0.25) is 0 Å². The molecule has 1 fully saturated rings. The molecule has 0 amide bonds. The Morgan fingerprint density at radius 1 is 1.12 bits per heavy atom. The average molecular weight is 231 g/mol. The molecular formula is C16H25N. The van der Waals surface area contributed by atoms with Gasteiger partial charge in [0.25, 0.3) is 0 Å². The van der Waals surface area contributed by atoms with Gasteiger partial charge in [-0.2, -0.15) is 0 Å². The van der Waals surface area contributed by atoms with Gasteiger partial charge < -0.3 is 5.32 Å². The molecule has 0 unspecified atom stereocenters. The van der Waals surface area contributed by atoms with Crippen LogP contribution in [0.25, 0.3) is 0 Å². The highest BCUT2D eigenvalue weighted by Gasteiger charge is 2.20. The van der Waals surface area contributed by atoms with Gasteiger partial charge in [-0.15, -0.1) is 0 Å². The molecule has 0 aromatic heterocycles. The number of hydrogen-bond acceptors (Lipinski definition) is 1. The predicted octanol–water partition coefficient (Wildman–Crippen LogP) is 3.53. The predicted molar refractivity (Wildman–Crippen MR) is 74.4 cm³/mol. The van der Waals surface area contributed by atoms with Crippen molar-refractivity contribution in [3.05, 3.63) is 35.4 Å². The van der Waals surface area contributed by atoms with Crippen LogP contribution in [0.15, 0.2) is 24.3 Å². The van der Waals surface area contributed by atoms with E-state index in [9.17, 15) is 0 Å². The Bertz CT molecular complexity index is 356. The molecule has 1 heteroatoms. The monoisotopic (exact) mass is 231 g/mol. The second-order valence-electron chi connectivity index (χ2n) is 6.30. The molecule has 1 aromatic carbocycles. The van der Waals surface area contributed by atoms with E-state index in [0.29, 0.717) is 0 Å². The first-order valence-corrected chi connectivity index (χ1v) is 6.86. The maximum Gasteiger partial charge on any atom is -0.00462 e. The molecule has 0 saturated carbocycles.